The number of benzene rings is 1. The van der Waals surface area contributed by atoms with Gasteiger partial charge in [0.1, 0.15) is 17.8 Å². The van der Waals surface area contributed by atoms with E-state index in [9.17, 15) is 18.0 Å². The zero-order valence-electron chi connectivity index (χ0n) is 14.8. The molecule has 1 aromatic carbocycles. The number of carbonyl (C=O) groups excluding carboxylic acids is 1. The van der Waals surface area contributed by atoms with Crippen LogP contribution in [-0.2, 0) is 13.1 Å². The fourth-order valence-corrected chi connectivity index (χ4v) is 2.68. The van der Waals surface area contributed by atoms with Crippen molar-refractivity contribution in [2.24, 2.45) is 5.73 Å². The second-order valence-corrected chi connectivity index (χ2v) is 6.13. The fourth-order valence-electron chi connectivity index (χ4n) is 2.68. The van der Waals surface area contributed by atoms with Crippen molar-refractivity contribution >= 4 is 5.91 Å². The van der Waals surface area contributed by atoms with E-state index in [4.69, 9.17) is 14.9 Å². The highest BCUT2D eigenvalue weighted by atomic mass is 19.4. The molecule has 2 aromatic rings. The van der Waals surface area contributed by atoms with Crippen LogP contribution in [-0.4, -0.2) is 30.6 Å². The first-order valence-corrected chi connectivity index (χ1v) is 7.93. The molecule has 0 radical (unpaired) electrons. The van der Waals surface area contributed by atoms with Crippen LogP contribution in [0.3, 0.4) is 0 Å². The molecule has 2 N–H and O–H groups in total. The third-order valence-electron chi connectivity index (χ3n) is 3.77. The number of nitrogens with two attached hydrogens (primary N) is 1. The van der Waals surface area contributed by atoms with Crippen LogP contribution in [0, 0.1) is 13.8 Å². The van der Waals surface area contributed by atoms with Gasteiger partial charge in [-0.1, -0.05) is 12.1 Å². The average Bonchev–Trinajstić information content (AvgIpc) is 3.01. The van der Waals surface area contributed by atoms with Crippen LogP contribution in [0.25, 0.3) is 0 Å². The van der Waals surface area contributed by atoms with Gasteiger partial charge in [0.25, 0.3) is 5.91 Å². The lowest BCUT2D eigenvalue weighted by molar-refractivity contribution is -0.153. The van der Waals surface area contributed by atoms with Gasteiger partial charge in [-0.3, -0.25) is 4.79 Å². The van der Waals surface area contributed by atoms with Crippen LogP contribution in [0.15, 0.2) is 28.9 Å². The van der Waals surface area contributed by atoms with Crippen molar-refractivity contribution in [3.63, 3.8) is 0 Å². The summed E-state index contributed by atoms with van der Waals surface area (Å²) in [5.41, 5.74) is 7.81. The number of furan rings is 1. The third-order valence-corrected chi connectivity index (χ3v) is 3.77. The van der Waals surface area contributed by atoms with E-state index in [2.05, 4.69) is 0 Å². The summed E-state index contributed by atoms with van der Waals surface area (Å²) in [4.78, 5) is 13.9. The van der Waals surface area contributed by atoms with Gasteiger partial charge in [0.15, 0.2) is 6.61 Å². The molecule has 0 saturated heterocycles. The van der Waals surface area contributed by atoms with Gasteiger partial charge in [0, 0.05) is 13.6 Å². The smallest absolute Gasteiger partial charge is 0.422 e. The van der Waals surface area contributed by atoms with E-state index in [1.165, 1.54) is 11.2 Å². The van der Waals surface area contributed by atoms with Gasteiger partial charge in [0.05, 0.1) is 12.1 Å². The summed E-state index contributed by atoms with van der Waals surface area (Å²) >= 11 is 0. The molecule has 0 spiro atoms. The summed E-state index contributed by atoms with van der Waals surface area (Å²) < 4.78 is 47.1. The predicted octanol–water partition coefficient (Wildman–Crippen LogP) is 3.57. The molecule has 1 amide bonds. The summed E-state index contributed by atoms with van der Waals surface area (Å²) in [6.07, 6.45) is -3.04. The van der Waals surface area contributed by atoms with Gasteiger partial charge >= 0.3 is 6.18 Å². The third kappa shape index (κ3) is 5.01. The highest BCUT2D eigenvalue weighted by Gasteiger charge is 2.29. The quantitative estimate of drug-likeness (QED) is 0.844. The van der Waals surface area contributed by atoms with E-state index < -0.39 is 12.8 Å². The number of nitrogens with zero attached hydrogens (tertiary/aromatic N) is 1. The second-order valence-electron chi connectivity index (χ2n) is 6.13. The lowest BCUT2D eigenvalue weighted by Crippen LogP contribution is -2.26. The maximum atomic E-state index is 12.4. The Bertz CT molecular complexity index is 761. The molecular weight excluding hydrogens is 349 g/mol. The van der Waals surface area contributed by atoms with Gasteiger partial charge in [0.2, 0.25) is 0 Å². The van der Waals surface area contributed by atoms with Crippen molar-refractivity contribution < 1.29 is 27.1 Å². The normalized spacial score (nSPS) is 11.5. The number of halogens is 3. The summed E-state index contributed by atoms with van der Waals surface area (Å²) in [7, 11) is 1.64. The lowest BCUT2D eigenvalue weighted by Gasteiger charge is -2.19. The Hall–Kier alpha value is -2.48. The monoisotopic (exact) mass is 370 g/mol. The standard InChI is InChI=1S/C18H21F3N2O3/c1-11-4-13(5-12(2)16(11)26-10-18(19,20)21)8-23(3)17(24)14-6-15(7-22)25-9-14/h4-6,9H,7-8,10,22H2,1-3H3. The SMILES string of the molecule is Cc1cc(CN(C)C(=O)c2coc(CN)c2)cc(C)c1OCC(F)(F)F. The van der Waals surface area contributed by atoms with Crippen LogP contribution < -0.4 is 10.5 Å². The molecule has 0 saturated carbocycles. The van der Waals surface area contributed by atoms with Crippen molar-refractivity contribution in [1.82, 2.24) is 4.90 Å². The van der Waals surface area contributed by atoms with E-state index in [1.807, 2.05) is 0 Å². The number of rotatable bonds is 6. The molecule has 2 rings (SSSR count). The number of carbonyl (C=O) groups is 1. The highest BCUT2D eigenvalue weighted by Crippen LogP contribution is 2.27. The number of hydrogen-bond donors (Lipinski definition) is 1. The van der Waals surface area contributed by atoms with Gasteiger partial charge < -0.3 is 19.8 Å². The Morgan fingerprint density at radius 2 is 1.85 bits per heavy atom. The number of aryl methyl sites for hydroxylation is 2. The summed E-state index contributed by atoms with van der Waals surface area (Å²) in [6, 6.07) is 5.01. The molecule has 0 aliphatic carbocycles. The average molecular weight is 370 g/mol. The van der Waals surface area contributed by atoms with Crippen LogP contribution in [0.4, 0.5) is 13.2 Å². The molecule has 5 nitrogen and oxygen atoms in total. The summed E-state index contributed by atoms with van der Waals surface area (Å²) in [5.74, 6) is 0.489. The Kier molecular flexibility index (Phi) is 5.97. The van der Waals surface area contributed by atoms with E-state index in [1.54, 1.807) is 39.1 Å². The molecular formula is C18H21F3N2O3. The lowest BCUT2D eigenvalue weighted by atomic mass is 10.1. The maximum absolute atomic E-state index is 12.4. The molecule has 8 heteroatoms. The molecule has 1 aromatic heterocycles. The zero-order valence-corrected chi connectivity index (χ0v) is 14.8. The Labute approximate surface area is 149 Å². The largest absolute Gasteiger partial charge is 0.484 e. The minimum atomic E-state index is -4.39. The van der Waals surface area contributed by atoms with Crippen molar-refractivity contribution in [3.05, 3.63) is 52.5 Å². The van der Waals surface area contributed by atoms with E-state index in [0.717, 1.165) is 5.56 Å². The minimum Gasteiger partial charge on any atom is -0.484 e. The maximum Gasteiger partial charge on any atom is 0.422 e. The van der Waals surface area contributed by atoms with E-state index in [0.29, 0.717) is 29.0 Å². The fraction of sp³-hybridized carbons (Fsp3) is 0.389. The van der Waals surface area contributed by atoms with Crippen molar-refractivity contribution in [3.8, 4) is 5.75 Å². The van der Waals surface area contributed by atoms with E-state index in [-0.39, 0.29) is 18.2 Å². The minimum absolute atomic E-state index is 0.203. The molecule has 1 heterocycles. The van der Waals surface area contributed by atoms with Crippen LogP contribution in [0.2, 0.25) is 0 Å². The van der Waals surface area contributed by atoms with Crippen molar-refractivity contribution in [1.29, 1.82) is 0 Å². The van der Waals surface area contributed by atoms with Gasteiger partial charge in [-0.2, -0.15) is 13.2 Å². The summed E-state index contributed by atoms with van der Waals surface area (Å²) in [5, 5.41) is 0. The molecule has 26 heavy (non-hydrogen) atoms. The molecule has 0 unspecified atom stereocenters. The predicted molar refractivity (Wildman–Crippen MR) is 89.9 cm³/mol. The Balaban J connectivity index is 2.10. The Morgan fingerprint density at radius 1 is 1.23 bits per heavy atom. The van der Waals surface area contributed by atoms with E-state index >= 15 is 0 Å². The zero-order chi connectivity index (χ0) is 19.5. The highest BCUT2D eigenvalue weighted by molar-refractivity contribution is 5.93. The molecule has 0 fully saturated rings. The number of ether oxygens (including phenoxy) is 1. The molecule has 0 aliphatic heterocycles. The molecule has 0 bridgehead atoms. The van der Waals surface area contributed by atoms with Gasteiger partial charge in [-0.15, -0.1) is 0 Å². The van der Waals surface area contributed by atoms with Crippen molar-refractivity contribution in [2.45, 2.75) is 33.1 Å². The number of amides is 1. The summed E-state index contributed by atoms with van der Waals surface area (Å²) in [6.45, 7) is 2.51. The van der Waals surface area contributed by atoms with Crippen molar-refractivity contribution in [2.75, 3.05) is 13.7 Å². The number of hydrogen-bond acceptors (Lipinski definition) is 4. The van der Waals surface area contributed by atoms with Crippen LogP contribution >= 0.6 is 0 Å². The first kappa shape index (κ1) is 19.8. The van der Waals surface area contributed by atoms with Gasteiger partial charge in [-0.05, 0) is 36.6 Å². The topological polar surface area (TPSA) is 68.7 Å². The molecule has 0 atom stereocenters. The first-order valence-electron chi connectivity index (χ1n) is 7.93. The second kappa shape index (κ2) is 7.82. The molecule has 0 aliphatic rings. The van der Waals surface area contributed by atoms with Crippen LogP contribution in [0.5, 0.6) is 5.75 Å². The van der Waals surface area contributed by atoms with Gasteiger partial charge in [-0.25, -0.2) is 0 Å². The first-order chi connectivity index (χ1) is 12.1. The molecule has 142 valence electrons. The number of alkyl halides is 3. The Morgan fingerprint density at radius 3 is 2.35 bits per heavy atom. The van der Waals surface area contributed by atoms with Crippen LogP contribution in [0.1, 0.15) is 32.8 Å².